The van der Waals surface area contributed by atoms with E-state index in [0.717, 1.165) is 22.8 Å². The van der Waals surface area contributed by atoms with Crippen molar-refractivity contribution in [1.29, 1.82) is 5.26 Å². The maximum Gasteiger partial charge on any atom is 0.449 e. The van der Waals surface area contributed by atoms with Gasteiger partial charge >= 0.3 is 6.18 Å². The molecular formula is C24H19F4N5O5S. The predicted octanol–water partition coefficient (Wildman–Crippen LogP) is 4.56. The van der Waals surface area contributed by atoms with Crippen LogP contribution in [-0.4, -0.2) is 43.2 Å². The van der Waals surface area contributed by atoms with Gasteiger partial charge in [0.1, 0.15) is 23.0 Å². The lowest BCUT2D eigenvalue weighted by atomic mass is 10.1. The molecule has 204 valence electrons. The van der Waals surface area contributed by atoms with Gasteiger partial charge in [-0.25, -0.2) is 12.8 Å². The van der Waals surface area contributed by atoms with Crippen LogP contribution in [0, 0.1) is 17.1 Å². The molecule has 0 bridgehead atoms. The first kappa shape index (κ1) is 27.5. The van der Waals surface area contributed by atoms with Crippen LogP contribution in [0.2, 0.25) is 0 Å². The van der Waals surface area contributed by atoms with Gasteiger partial charge in [-0.3, -0.25) is 9.29 Å². The van der Waals surface area contributed by atoms with Gasteiger partial charge in [0.15, 0.2) is 5.76 Å². The molecule has 1 N–H and O–H groups in total. The Hall–Kier alpha value is -4.58. The van der Waals surface area contributed by atoms with E-state index in [4.69, 9.17) is 13.9 Å². The number of ether oxygens (including phenoxy) is 2. The molecule has 2 heterocycles. The Bertz CT molecular complexity index is 1640. The van der Waals surface area contributed by atoms with Gasteiger partial charge in [0.05, 0.1) is 31.6 Å². The highest BCUT2D eigenvalue weighted by atomic mass is 32.2. The van der Waals surface area contributed by atoms with Gasteiger partial charge in [0, 0.05) is 0 Å². The van der Waals surface area contributed by atoms with Crippen LogP contribution >= 0.6 is 0 Å². The average Bonchev–Trinajstić information content (AvgIpc) is 3.54. The van der Waals surface area contributed by atoms with Crippen molar-refractivity contribution in [2.24, 2.45) is 0 Å². The number of hydrogen-bond acceptors (Lipinski definition) is 8. The fourth-order valence-corrected chi connectivity index (χ4v) is 4.69. The highest BCUT2D eigenvalue weighted by Gasteiger charge is 2.36. The highest BCUT2D eigenvalue weighted by molar-refractivity contribution is 7.92. The average molecular weight is 566 g/mol. The van der Waals surface area contributed by atoms with Crippen molar-refractivity contribution in [2.75, 3.05) is 24.7 Å². The molecule has 4 aromatic rings. The third-order valence-corrected chi connectivity index (χ3v) is 6.71. The number of para-hydroxylation sites is 1. The molecule has 0 saturated heterocycles. The minimum absolute atomic E-state index is 0.0206. The molecule has 0 atom stereocenters. The lowest BCUT2D eigenvalue weighted by Gasteiger charge is -2.17. The quantitative estimate of drug-likeness (QED) is 0.292. The van der Waals surface area contributed by atoms with E-state index in [1.165, 1.54) is 32.4 Å². The Morgan fingerprint density at radius 2 is 1.77 bits per heavy atom. The van der Waals surface area contributed by atoms with Crippen LogP contribution in [0.4, 0.5) is 23.5 Å². The van der Waals surface area contributed by atoms with Gasteiger partial charge < -0.3 is 13.9 Å². The summed E-state index contributed by atoms with van der Waals surface area (Å²) in [7, 11) is -1.53. The maximum absolute atomic E-state index is 13.4. The summed E-state index contributed by atoms with van der Waals surface area (Å²) >= 11 is 0. The number of nitriles is 1. The number of nitrogens with zero attached hydrogens (tertiary/aromatic N) is 4. The first-order valence-electron chi connectivity index (χ1n) is 11.0. The normalized spacial score (nSPS) is 11.7. The van der Waals surface area contributed by atoms with Gasteiger partial charge in [-0.05, 0) is 48.4 Å². The molecular weight excluding hydrogens is 546 g/mol. The van der Waals surface area contributed by atoms with Crippen molar-refractivity contribution >= 4 is 16.0 Å². The summed E-state index contributed by atoms with van der Waals surface area (Å²) in [5, 5.41) is 16.9. The zero-order valence-electron chi connectivity index (χ0n) is 20.3. The number of hydrogen-bond donors (Lipinski definition) is 1. The summed E-state index contributed by atoms with van der Waals surface area (Å²) in [6, 6.07) is 11.5. The van der Waals surface area contributed by atoms with Gasteiger partial charge in [-0.2, -0.15) is 18.4 Å². The molecule has 4 rings (SSSR count). The summed E-state index contributed by atoms with van der Waals surface area (Å²) in [5.41, 5.74) is 0.358. The zero-order valence-corrected chi connectivity index (χ0v) is 21.1. The number of benzene rings is 2. The Labute approximate surface area is 219 Å². The number of anilines is 1. The minimum Gasteiger partial charge on any atom is -0.494 e. The van der Waals surface area contributed by atoms with Crippen molar-refractivity contribution < 1.29 is 39.9 Å². The summed E-state index contributed by atoms with van der Waals surface area (Å²) in [4.78, 5) is 0. The van der Waals surface area contributed by atoms with E-state index in [2.05, 4.69) is 14.9 Å². The van der Waals surface area contributed by atoms with Gasteiger partial charge in [-0.15, -0.1) is 10.2 Å². The number of rotatable bonds is 9. The second kappa shape index (κ2) is 10.7. The van der Waals surface area contributed by atoms with E-state index in [9.17, 15) is 31.2 Å². The molecule has 0 aliphatic rings. The number of nitrogens with one attached hydrogen (secondary N) is 1. The second-order valence-corrected chi connectivity index (χ2v) is 9.78. The van der Waals surface area contributed by atoms with E-state index in [1.54, 1.807) is 6.07 Å². The molecule has 0 aliphatic heterocycles. The number of aryl methyl sites for hydroxylation is 1. The third-order valence-electron chi connectivity index (χ3n) is 5.47. The Balaban J connectivity index is 1.78. The van der Waals surface area contributed by atoms with Crippen LogP contribution in [0.15, 0.2) is 52.9 Å². The summed E-state index contributed by atoms with van der Waals surface area (Å²) < 4.78 is 98.2. The smallest absolute Gasteiger partial charge is 0.449 e. The van der Waals surface area contributed by atoms with Crippen molar-refractivity contribution in [3.63, 3.8) is 0 Å². The van der Waals surface area contributed by atoms with E-state index < -0.39 is 39.5 Å². The van der Waals surface area contributed by atoms with Gasteiger partial charge in [-0.1, -0.05) is 12.1 Å². The number of halogens is 4. The molecule has 0 spiro atoms. The molecule has 0 amide bonds. The molecule has 2 aromatic heterocycles. The largest absolute Gasteiger partial charge is 0.494 e. The minimum atomic E-state index is -4.78. The highest BCUT2D eigenvalue weighted by Crippen LogP contribution is 2.39. The monoisotopic (exact) mass is 565 g/mol. The van der Waals surface area contributed by atoms with Crippen LogP contribution in [0.1, 0.15) is 16.9 Å². The molecule has 0 aliphatic carbocycles. The fraction of sp³-hybridized carbons (Fsp3) is 0.208. The van der Waals surface area contributed by atoms with E-state index in [1.807, 2.05) is 6.07 Å². The lowest BCUT2D eigenvalue weighted by Crippen LogP contribution is -2.21. The van der Waals surface area contributed by atoms with Gasteiger partial charge in [0.2, 0.25) is 27.6 Å². The van der Waals surface area contributed by atoms with Crippen LogP contribution < -0.4 is 14.2 Å². The summed E-state index contributed by atoms with van der Waals surface area (Å²) in [6.07, 6.45) is -4.93. The maximum atomic E-state index is 13.4. The molecule has 2 aromatic carbocycles. The van der Waals surface area contributed by atoms with Crippen LogP contribution in [0.3, 0.4) is 0 Å². The SMILES string of the molecule is COc1cccc(OC)c1-n1c(NS(=O)(=O)CCc2ccc(F)cc2C#N)nnc1-c1ccc(C(F)(F)F)o1. The molecule has 10 nitrogen and oxygen atoms in total. The topological polar surface area (TPSA) is 132 Å². The van der Waals surface area contributed by atoms with Crippen LogP contribution in [0.25, 0.3) is 17.3 Å². The molecule has 0 fully saturated rings. The molecule has 0 radical (unpaired) electrons. The number of furan rings is 1. The van der Waals surface area contributed by atoms with Crippen LogP contribution in [-0.2, 0) is 22.6 Å². The Kier molecular flexibility index (Phi) is 7.50. The molecule has 15 heteroatoms. The second-order valence-electron chi connectivity index (χ2n) is 7.94. The van der Waals surface area contributed by atoms with Crippen molar-refractivity contribution in [3.05, 3.63) is 71.2 Å². The summed E-state index contributed by atoms with van der Waals surface area (Å²) in [5.74, 6) is -3.22. The number of methoxy groups -OCH3 is 2. The predicted molar refractivity (Wildman–Crippen MR) is 129 cm³/mol. The van der Waals surface area contributed by atoms with Crippen molar-refractivity contribution in [1.82, 2.24) is 14.8 Å². The lowest BCUT2D eigenvalue weighted by molar-refractivity contribution is -0.152. The van der Waals surface area contributed by atoms with Gasteiger partial charge in [0.25, 0.3) is 0 Å². The van der Waals surface area contributed by atoms with E-state index in [0.29, 0.717) is 11.6 Å². The van der Waals surface area contributed by atoms with Crippen molar-refractivity contribution in [2.45, 2.75) is 12.6 Å². The first-order chi connectivity index (χ1) is 18.5. The molecule has 0 unspecified atom stereocenters. The molecule has 0 saturated carbocycles. The Morgan fingerprint density at radius 1 is 1.08 bits per heavy atom. The van der Waals surface area contributed by atoms with E-state index in [-0.39, 0.29) is 40.8 Å². The number of sulfonamides is 1. The van der Waals surface area contributed by atoms with Crippen molar-refractivity contribution in [3.8, 4) is 34.8 Å². The van der Waals surface area contributed by atoms with Crippen LogP contribution in [0.5, 0.6) is 11.5 Å². The standard InChI is InChI=1S/C24H19F4N5O5S/c1-36-17-4-3-5-18(37-2)21(17)33-22(19-8-9-20(38-19)24(26,27)28)30-31-23(33)32-39(34,35)11-10-14-6-7-16(25)12-15(14)13-29/h3-9,12H,10-11H2,1-2H3,(H,31,32). The number of aromatic nitrogens is 3. The fourth-order valence-electron chi connectivity index (χ4n) is 3.69. The first-order valence-corrected chi connectivity index (χ1v) is 12.7. The summed E-state index contributed by atoms with van der Waals surface area (Å²) in [6.45, 7) is 0. The molecule has 39 heavy (non-hydrogen) atoms. The Morgan fingerprint density at radius 3 is 2.36 bits per heavy atom. The van der Waals surface area contributed by atoms with E-state index >= 15 is 0 Å². The third kappa shape index (κ3) is 5.80. The zero-order chi connectivity index (χ0) is 28.4. The number of alkyl halides is 3.